The number of nitrogens with one attached hydrogen (secondary N) is 1. The first-order valence-electron chi connectivity index (χ1n) is 5.82. The standard InChI is InChI=1S/C14H17N3O/c1-9-7-11(18-4)5-6-12(9)13-10(2)8-16-14(15-3)17-13/h5-8H,1-4H3,(H,15,16,17). The number of benzene rings is 1. The molecule has 0 fully saturated rings. The van der Waals surface area contributed by atoms with Crippen LogP contribution in [0.25, 0.3) is 11.3 Å². The monoisotopic (exact) mass is 243 g/mol. The molecule has 0 amide bonds. The molecule has 1 heterocycles. The van der Waals surface area contributed by atoms with Crippen molar-refractivity contribution >= 4 is 5.95 Å². The van der Waals surface area contributed by atoms with Crippen molar-refractivity contribution < 1.29 is 4.74 Å². The van der Waals surface area contributed by atoms with Crippen LogP contribution >= 0.6 is 0 Å². The quantitative estimate of drug-likeness (QED) is 0.900. The Kier molecular flexibility index (Phi) is 3.46. The molecular formula is C14H17N3O. The number of aryl methyl sites for hydroxylation is 2. The molecule has 0 aliphatic carbocycles. The van der Waals surface area contributed by atoms with Gasteiger partial charge in [0.15, 0.2) is 0 Å². The van der Waals surface area contributed by atoms with Crippen LogP contribution in [-0.4, -0.2) is 24.1 Å². The van der Waals surface area contributed by atoms with Crippen molar-refractivity contribution in [2.45, 2.75) is 13.8 Å². The molecule has 0 atom stereocenters. The highest BCUT2D eigenvalue weighted by molar-refractivity contribution is 5.68. The minimum absolute atomic E-state index is 0.630. The molecular weight excluding hydrogens is 226 g/mol. The van der Waals surface area contributed by atoms with Crippen molar-refractivity contribution in [2.75, 3.05) is 19.5 Å². The second kappa shape index (κ2) is 5.04. The van der Waals surface area contributed by atoms with Gasteiger partial charge in [-0.1, -0.05) is 0 Å². The second-order valence-corrected chi connectivity index (χ2v) is 4.16. The Morgan fingerprint density at radius 3 is 2.56 bits per heavy atom. The van der Waals surface area contributed by atoms with E-state index in [0.29, 0.717) is 5.95 Å². The van der Waals surface area contributed by atoms with Crippen molar-refractivity contribution in [3.05, 3.63) is 35.5 Å². The van der Waals surface area contributed by atoms with Gasteiger partial charge in [-0.2, -0.15) is 0 Å². The van der Waals surface area contributed by atoms with Crippen LogP contribution in [0.15, 0.2) is 24.4 Å². The topological polar surface area (TPSA) is 47.0 Å². The van der Waals surface area contributed by atoms with Gasteiger partial charge in [0, 0.05) is 18.8 Å². The number of hydrogen-bond acceptors (Lipinski definition) is 4. The summed E-state index contributed by atoms with van der Waals surface area (Å²) in [5.41, 5.74) is 4.25. The molecule has 0 aliphatic heterocycles. The number of hydrogen-bond donors (Lipinski definition) is 1. The number of aromatic nitrogens is 2. The van der Waals surface area contributed by atoms with Crippen LogP contribution in [0.3, 0.4) is 0 Å². The highest BCUT2D eigenvalue weighted by Gasteiger charge is 2.09. The smallest absolute Gasteiger partial charge is 0.222 e. The van der Waals surface area contributed by atoms with Crippen molar-refractivity contribution in [1.82, 2.24) is 9.97 Å². The van der Waals surface area contributed by atoms with Gasteiger partial charge in [-0.3, -0.25) is 0 Å². The Labute approximate surface area is 107 Å². The van der Waals surface area contributed by atoms with Crippen LogP contribution < -0.4 is 10.1 Å². The lowest BCUT2D eigenvalue weighted by atomic mass is 10.0. The zero-order valence-corrected chi connectivity index (χ0v) is 11.1. The average molecular weight is 243 g/mol. The van der Waals surface area contributed by atoms with Crippen molar-refractivity contribution in [1.29, 1.82) is 0 Å². The van der Waals surface area contributed by atoms with E-state index in [0.717, 1.165) is 28.1 Å². The Morgan fingerprint density at radius 1 is 1.17 bits per heavy atom. The number of nitrogens with zero attached hydrogens (tertiary/aromatic N) is 2. The molecule has 4 heteroatoms. The maximum absolute atomic E-state index is 5.22. The molecule has 2 rings (SSSR count). The highest BCUT2D eigenvalue weighted by atomic mass is 16.5. The maximum Gasteiger partial charge on any atom is 0.222 e. The van der Waals surface area contributed by atoms with E-state index in [2.05, 4.69) is 22.2 Å². The van der Waals surface area contributed by atoms with E-state index in [4.69, 9.17) is 4.74 Å². The van der Waals surface area contributed by atoms with Gasteiger partial charge >= 0.3 is 0 Å². The Hall–Kier alpha value is -2.10. The van der Waals surface area contributed by atoms with E-state index < -0.39 is 0 Å². The number of ether oxygens (including phenoxy) is 1. The second-order valence-electron chi connectivity index (χ2n) is 4.16. The van der Waals surface area contributed by atoms with E-state index >= 15 is 0 Å². The van der Waals surface area contributed by atoms with Gasteiger partial charge in [0.25, 0.3) is 0 Å². The van der Waals surface area contributed by atoms with E-state index in [1.165, 1.54) is 0 Å². The zero-order valence-electron chi connectivity index (χ0n) is 11.1. The van der Waals surface area contributed by atoms with E-state index in [1.54, 1.807) is 7.11 Å². The number of anilines is 1. The lowest BCUT2D eigenvalue weighted by Gasteiger charge is -2.11. The molecule has 0 radical (unpaired) electrons. The van der Waals surface area contributed by atoms with Gasteiger partial charge < -0.3 is 10.1 Å². The van der Waals surface area contributed by atoms with E-state index in [9.17, 15) is 0 Å². The molecule has 1 N–H and O–H groups in total. The lowest BCUT2D eigenvalue weighted by molar-refractivity contribution is 0.414. The normalized spacial score (nSPS) is 10.2. The van der Waals surface area contributed by atoms with Crippen LogP contribution in [0.1, 0.15) is 11.1 Å². The maximum atomic E-state index is 5.22. The van der Waals surface area contributed by atoms with Crippen LogP contribution in [0.2, 0.25) is 0 Å². The van der Waals surface area contributed by atoms with Crippen LogP contribution in [0, 0.1) is 13.8 Å². The fourth-order valence-corrected chi connectivity index (χ4v) is 1.86. The third-order valence-corrected chi connectivity index (χ3v) is 2.88. The van der Waals surface area contributed by atoms with Gasteiger partial charge in [0.1, 0.15) is 5.75 Å². The molecule has 0 saturated heterocycles. The number of methoxy groups -OCH3 is 1. The Morgan fingerprint density at radius 2 is 1.94 bits per heavy atom. The molecule has 94 valence electrons. The summed E-state index contributed by atoms with van der Waals surface area (Å²) < 4.78 is 5.22. The van der Waals surface area contributed by atoms with Crippen LogP contribution in [0.4, 0.5) is 5.95 Å². The summed E-state index contributed by atoms with van der Waals surface area (Å²) in [7, 11) is 3.48. The van der Waals surface area contributed by atoms with E-state index in [1.807, 2.05) is 38.4 Å². The molecule has 18 heavy (non-hydrogen) atoms. The largest absolute Gasteiger partial charge is 0.497 e. The third kappa shape index (κ3) is 2.27. The van der Waals surface area contributed by atoms with Crippen molar-refractivity contribution in [2.24, 2.45) is 0 Å². The van der Waals surface area contributed by atoms with Crippen molar-refractivity contribution in [3.63, 3.8) is 0 Å². The number of rotatable bonds is 3. The molecule has 0 unspecified atom stereocenters. The summed E-state index contributed by atoms with van der Waals surface area (Å²) in [5.74, 6) is 1.49. The summed E-state index contributed by atoms with van der Waals surface area (Å²) in [6.45, 7) is 4.07. The molecule has 1 aromatic carbocycles. The first-order chi connectivity index (χ1) is 8.65. The summed E-state index contributed by atoms with van der Waals surface area (Å²) in [5, 5.41) is 2.96. The summed E-state index contributed by atoms with van der Waals surface area (Å²) in [6, 6.07) is 5.99. The Balaban J connectivity index is 2.54. The lowest BCUT2D eigenvalue weighted by Crippen LogP contribution is -2.00. The Bertz CT molecular complexity index is 567. The molecule has 1 aromatic heterocycles. The predicted molar refractivity (Wildman–Crippen MR) is 73.0 cm³/mol. The molecule has 0 bridgehead atoms. The first kappa shape index (κ1) is 12.4. The summed E-state index contributed by atoms with van der Waals surface area (Å²) >= 11 is 0. The molecule has 4 nitrogen and oxygen atoms in total. The minimum atomic E-state index is 0.630. The molecule has 0 spiro atoms. The SMILES string of the molecule is CNc1ncc(C)c(-c2ccc(OC)cc2C)n1. The fraction of sp³-hybridized carbons (Fsp3) is 0.286. The molecule has 2 aromatic rings. The zero-order chi connectivity index (χ0) is 13.1. The van der Waals surface area contributed by atoms with Gasteiger partial charge in [-0.25, -0.2) is 9.97 Å². The van der Waals surface area contributed by atoms with Crippen LogP contribution in [0.5, 0.6) is 5.75 Å². The molecule has 0 saturated carbocycles. The summed E-state index contributed by atoms with van der Waals surface area (Å²) in [4.78, 5) is 8.71. The van der Waals surface area contributed by atoms with Gasteiger partial charge in [-0.05, 0) is 43.2 Å². The van der Waals surface area contributed by atoms with Gasteiger partial charge in [0.2, 0.25) is 5.95 Å². The third-order valence-electron chi connectivity index (χ3n) is 2.88. The fourth-order valence-electron chi connectivity index (χ4n) is 1.86. The van der Waals surface area contributed by atoms with Crippen molar-refractivity contribution in [3.8, 4) is 17.0 Å². The van der Waals surface area contributed by atoms with Crippen LogP contribution in [-0.2, 0) is 0 Å². The van der Waals surface area contributed by atoms with Gasteiger partial charge in [0.05, 0.1) is 12.8 Å². The first-order valence-corrected chi connectivity index (χ1v) is 5.82. The van der Waals surface area contributed by atoms with E-state index in [-0.39, 0.29) is 0 Å². The minimum Gasteiger partial charge on any atom is -0.497 e. The highest BCUT2D eigenvalue weighted by Crippen LogP contribution is 2.28. The summed E-state index contributed by atoms with van der Waals surface area (Å²) in [6.07, 6.45) is 1.83. The molecule has 0 aliphatic rings. The predicted octanol–water partition coefficient (Wildman–Crippen LogP) is 2.81. The van der Waals surface area contributed by atoms with Gasteiger partial charge in [-0.15, -0.1) is 0 Å². The average Bonchev–Trinajstić information content (AvgIpc) is 2.39.